The summed E-state index contributed by atoms with van der Waals surface area (Å²) in [4.78, 5) is 19.3. The van der Waals surface area contributed by atoms with E-state index in [-0.39, 0.29) is 6.17 Å². The maximum atomic E-state index is 11.8. The van der Waals surface area contributed by atoms with Gasteiger partial charge < -0.3 is 14.9 Å². The molecule has 1 aliphatic carbocycles. The van der Waals surface area contributed by atoms with Crippen LogP contribution in [0.2, 0.25) is 5.02 Å². The van der Waals surface area contributed by atoms with Crippen LogP contribution in [0, 0.1) is 0 Å². The van der Waals surface area contributed by atoms with Gasteiger partial charge in [0.2, 0.25) is 0 Å². The summed E-state index contributed by atoms with van der Waals surface area (Å²) in [6.07, 6.45) is 2.20. The van der Waals surface area contributed by atoms with Gasteiger partial charge >= 0.3 is 6.09 Å². The number of hydrogen-bond donors (Lipinski definition) is 1. The third-order valence-corrected chi connectivity index (χ3v) is 7.57. The van der Waals surface area contributed by atoms with E-state index in [4.69, 9.17) is 11.6 Å². The first-order chi connectivity index (χ1) is 13.0. The molecule has 1 amide bonds. The highest BCUT2D eigenvalue weighted by Crippen LogP contribution is 2.47. The Morgan fingerprint density at radius 1 is 1.26 bits per heavy atom. The lowest BCUT2D eigenvalue weighted by Gasteiger charge is -2.32. The van der Waals surface area contributed by atoms with Crippen LogP contribution < -0.4 is 9.80 Å². The normalized spacial score (nSPS) is 20.9. The molecule has 1 fully saturated rings. The Balaban J connectivity index is 1.64. The number of halogens is 1. The third-order valence-electron chi connectivity index (χ3n) is 5.80. The number of benzene rings is 1. The predicted octanol–water partition coefficient (Wildman–Crippen LogP) is 4.51. The van der Waals surface area contributed by atoms with Gasteiger partial charge in [0.05, 0.1) is 22.3 Å². The molecule has 3 heterocycles. The number of rotatable bonds is 1. The standard InChI is InChI=1S/C20H20ClN3O2S/c1-12-6-7-13-14-10-22(16-5-3-2-4-15(16)21)11-17-23(19(14)27-18(12)13)8-9-24(17)20(25)26/h2-6,17H,7-11H2,1H3,(H,25,26). The number of fused-ring (bicyclic) bond motifs is 5. The molecule has 0 radical (unpaired) electrons. The molecule has 3 aliphatic rings. The minimum atomic E-state index is -0.856. The molecule has 1 aromatic carbocycles. The number of amides is 1. The third kappa shape index (κ3) is 2.54. The van der Waals surface area contributed by atoms with Crippen LogP contribution in [0.3, 0.4) is 0 Å². The number of hydrogen-bond acceptors (Lipinski definition) is 4. The Kier molecular flexibility index (Phi) is 3.88. The minimum Gasteiger partial charge on any atom is -0.465 e. The topological polar surface area (TPSA) is 47.0 Å². The van der Waals surface area contributed by atoms with E-state index in [1.54, 1.807) is 4.90 Å². The predicted molar refractivity (Wildman–Crippen MR) is 110 cm³/mol. The van der Waals surface area contributed by atoms with Crippen LogP contribution in [0.5, 0.6) is 0 Å². The lowest BCUT2D eigenvalue weighted by molar-refractivity contribution is 0.141. The molecule has 27 heavy (non-hydrogen) atoms. The van der Waals surface area contributed by atoms with Crippen LogP contribution in [-0.4, -0.2) is 41.9 Å². The van der Waals surface area contributed by atoms with E-state index in [1.165, 1.54) is 26.6 Å². The first-order valence-electron chi connectivity index (χ1n) is 9.12. The van der Waals surface area contributed by atoms with Crippen molar-refractivity contribution in [2.45, 2.75) is 26.1 Å². The number of nitrogens with zero attached hydrogens (tertiary/aromatic N) is 3. The molecule has 1 unspecified atom stereocenters. The van der Waals surface area contributed by atoms with Crippen molar-refractivity contribution in [2.24, 2.45) is 0 Å². The Morgan fingerprint density at radius 3 is 2.85 bits per heavy atom. The number of thiophene rings is 1. The molecule has 7 heteroatoms. The van der Waals surface area contributed by atoms with Crippen molar-refractivity contribution >= 4 is 45.3 Å². The average Bonchev–Trinajstić information content (AvgIpc) is 3.28. The minimum absolute atomic E-state index is 0.192. The second-order valence-corrected chi connectivity index (χ2v) is 8.67. The fourth-order valence-corrected chi connectivity index (χ4v) is 6.11. The van der Waals surface area contributed by atoms with Crippen molar-refractivity contribution in [2.75, 3.05) is 29.4 Å². The molecule has 0 saturated carbocycles. The number of carboxylic acid groups (broad SMARTS) is 1. The quantitative estimate of drug-likeness (QED) is 0.763. The van der Waals surface area contributed by atoms with Crippen molar-refractivity contribution in [3.8, 4) is 0 Å². The maximum absolute atomic E-state index is 11.8. The molecule has 2 aliphatic heterocycles. The molecule has 1 aromatic heterocycles. The van der Waals surface area contributed by atoms with E-state index in [0.717, 1.165) is 25.2 Å². The molecule has 0 bridgehead atoms. The van der Waals surface area contributed by atoms with E-state index >= 15 is 0 Å². The SMILES string of the molecule is CC1=CCc2c1sc1c2CN(c2ccccc2Cl)CC2N(C(=O)O)CCN12. The molecule has 0 spiro atoms. The van der Waals surface area contributed by atoms with Crippen LogP contribution in [0.4, 0.5) is 15.5 Å². The highest BCUT2D eigenvalue weighted by molar-refractivity contribution is 7.17. The van der Waals surface area contributed by atoms with Crippen molar-refractivity contribution in [3.63, 3.8) is 0 Å². The van der Waals surface area contributed by atoms with Crippen LogP contribution in [0.25, 0.3) is 5.57 Å². The van der Waals surface area contributed by atoms with Gasteiger partial charge in [-0.1, -0.05) is 29.8 Å². The zero-order valence-corrected chi connectivity index (χ0v) is 16.6. The van der Waals surface area contributed by atoms with Crippen molar-refractivity contribution in [1.29, 1.82) is 0 Å². The van der Waals surface area contributed by atoms with Crippen LogP contribution in [0.15, 0.2) is 30.3 Å². The number of anilines is 2. The van der Waals surface area contributed by atoms with Crippen molar-refractivity contribution in [3.05, 3.63) is 51.4 Å². The molecule has 1 atom stereocenters. The zero-order chi connectivity index (χ0) is 18.7. The van der Waals surface area contributed by atoms with E-state index in [1.807, 2.05) is 35.6 Å². The van der Waals surface area contributed by atoms with Gasteiger partial charge in [0.15, 0.2) is 0 Å². The lowest BCUT2D eigenvalue weighted by atomic mass is 10.1. The summed E-state index contributed by atoms with van der Waals surface area (Å²) in [7, 11) is 0. The summed E-state index contributed by atoms with van der Waals surface area (Å²) in [6, 6.07) is 7.83. The molecule has 1 saturated heterocycles. The Labute approximate surface area is 167 Å². The zero-order valence-electron chi connectivity index (χ0n) is 15.0. The summed E-state index contributed by atoms with van der Waals surface area (Å²) in [5.74, 6) is 0. The van der Waals surface area contributed by atoms with Gasteiger partial charge in [-0.25, -0.2) is 4.79 Å². The van der Waals surface area contributed by atoms with E-state index in [2.05, 4.69) is 22.8 Å². The Hall–Kier alpha value is -2.18. The summed E-state index contributed by atoms with van der Waals surface area (Å²) in [5.41, 5.74) is 5.03. The van der Waals surface area contributed by atoms with E-state index < -0.39 is 6.09 Å². The summed E-state index contributed by atoms with van der Waals surface area (Å²) < 4.78 is 0. The average molecular weight is 402 g/mol. The highest BCUT2D eigenvalue weighted by atomic mass is 35.5. The number of para-hydroxylation sites is 1. The van der Waals surface area contributed by atoms with Gasteiger partial charge in [0.25, 0.3) is 0 Å². The maximum Gasteiger partial charge on any atom is 0.409 e. The van der Waals surface area contributed by atoms with Gasteiger partial charge in [-0.2, -0.15) is 0 Å². The molecule has 5 rings (SSSR count). The van der Waals surface area contributed by atoms with Gasteiger partial charge in [-0.15, -0.1) is 11.3 Å². The molecular formula is C20H20ClN3O2S. The summed E-state index contributed by atoms with van der Waals surface area (Å²) >= 11 is 8.32. The van der Waals surface area contributed by atoms with Crippen molar-refractivity contribution < 1.29 is 9.90 Å². The van der Waals surface area contributed by atoms with Gasteiger partial charge in [-0.05, 0) is 36.6 Å². The highest BCUT2D eigenvalue weighted by Gasteiger charge is 2.42. The van der Waals surface area contributed by atoms with Gasteiger partial charge in [-0.3, -0.25) is 4.90 Å². The molecule has 140 valence electrons. The smallest absolute Gasteiger partial charge is 0.409 e. The number of allylic oxidation sites excluding steroid dienone is 2. The largest absolute Gasteiger partial charge is 0.465 e. The van der Waals surface area contributed by atoms with E-state index in [9.17, 15) is 9.90 Å². The molecule has 2 aromatic rings. The first-order valence-corrected chi connectivity index (χ1v) is 10.3. The van der Waals surface area contributed by atoms with Crippen LogP contribution in [0.1, 0.15) is 22.9 Å². The fourth-order valence-electron chi connectivity index (χ4n) is 4.45. The fraction of sp³-hybridized carbons (Fsp3) is 0.350. The lowest BCUT2D eigenvalue weighted by Crippen LogP contribution is -2.47. The van der Waals surface area contributed by atoms with Gasteiger partial charge in [0, 0.05) is 30.1 Å². The van der Waals surface area contributed by atoms with E-state index in [0.29, 0.717) is 18.1 Å². The summed E-state index contributed by atoms with van der Waals surface area (Å²) in [6.45, 7) is 4.80. The van der Waals surface area contributed by atoms with Crippen LogP contribution >= 0.6 is 22.9 Å². The Morgan fingerprint density at radius 2 is 2.07 bits per heavy atom. The van der Waals surface area contributed by atoms with Crippen molar-refractivity contribution in [1.82, 2.24) is 4.90 Å². The van der Waals surface area contributed by atoms with Crippen LogP contribution in [-0.2, 0) is 13.0 Å². The second kappa shape index (κ2) is 6.17. The first kappa shape index (κ1) is 17.0. The molecule has 5 nitrogen and oxygen atoms in total. The summed E-state index contributed by atoms with van der Waals surface area (Å²) in [5, 5.41) is 11.6. The molecular weight excluding hydrogens is 382 g/mol. The number of carbonyl (C=O) groups is 1. The van der Waals surface area contributed by atoms with Gasteiger partial charge in [0.1, 0.15) is 6.17 Å². The second-order valence-electron chi connectivity index (χ2n) is 7.27. The Bertz CT molecular complexity index is 970. The molecule has 1 N–H and O–H groups in total. The monoisotopic (exact) mass is 401 g/mol.